The highest BCUT2D eigenvalue weighted by Gasteiger charge is 2.26. The van der Waals surface area contributed by atoms with Crippen LogP contribution in [0.1, 0.15) is 24.6 Å². The number of rotatable bonds is 5. The molecule has 1 aromatic carbocycles. The summed E-state index contributed by atoms with van der Waals surface area (Å²) < 4.78 is 21.3. The van der Waals surface area contributed by atoms with Crippen LogP contribution < -0.4 is 15.4 Å². The quantitative estimate of drug-likeness (QED) is 0.539. The standard InChI is InChI=1S/C20H23FN8O/c1-30-16-6-2-5-15-17(16)24-20(22)29-19(15)25-18(26-29)13-4-3-8-27(11-13)14-10-23-28(12-14)9-7-21/h2,5-6,10,12-13H,3-4,7-9,11H2,1H3,(H2,22,24)/t13-/m1/s1. The lowest BCUT2D eigenvalue weighted by molar-refractivity contribution is 0.419. The second-order valence-corrected chi connectivity index (χ2v) is 7.47. The number of nitrogens with zero attached hydrogens (tertiary/aromatic N) is 7. The number of alkyl halides is 1. The van der Waals surface area contributed by atoms with E-state index in [1.54, 1.807) is 22.5 Å². The number of nitrogen functional groups attached to an aromatic ring is 1. The fourth-order valence-electron chi connectivity index (χ4n) is 4.13. The molecule has 0 radical (unpaired) electrons. The molecule has 10 heteroatoms. The number of para-hydroxylation sites is 1. The lowest BCUT2D eigenvalue weighted by atomic mass is 9.97. The Morgan fingerprint density at radius 2 is 2.20 bits per heavy atom. The van der Waals surface area contributed by atoms with E-state index in [1.807, 2.05) is 24.4 Å². The molecule has 0 amide bonds. The number of fused-ring (bicyclic) bond motifs is 3. The maximum Gasteiger partial charge on any atom is 0.223 e. The van der Waals surface area contributed by atoms with Gasteiger partial charge in [0.15, 0.2) is 11.5 Å². The van der Waals surface area contributed by atoms with Crippen molar-refractivity contribution in [2.45, 2.75) is 25.3 Å². The first-order chi connectivity index (χ1) is 14.7. The van der Waals surface area contributed by atoms with E-state index in [9.17, 15) is 4.39 Å². The molecule has 0 saturated carbocycles. The SMILES string of the molecule is COc1cccc2c1nc(N)n1nc([C@@H]3CCCN(c4cnn(CCF)c4)C3)nc21. The summed E-state index contributed by atoms with van der Waals surface area (Å²) in [5, 5.41) is 9.77. The van der Waals surface area contributed by atoms with Crippen LogP contribution >= 0.6 is 0 Å². The predicted octanol–water partition coefficient (Wildman–Crippen LogP) is 2.42. The summed E-state index contributed by atoms with van der Waals surface area (Å²) in [7, 11) is 1.61. The van der Waals surface area contributed by atoms with Crippen LogP contribution in [0.15, 0.2) is 30.6 Å². The van der Waals surface area contributed by atoms with Gasteiger partial charge in [-0.1, -0.05) is 6.07 Å². The summed E-state index contributed by atoms with van der Waals surface area (Å²) in [6.07, 6.45) is 5.68. The molecule has 0 aliphatic carbocycles. The van der Waals surface area contributed by atoms with Crippen LogP contribution in [0.25, 0.3) is 16.6 Å². The van der Waals surface area contributed by atoms with Crippen molar-refractivity contribution in [1.29, 1.82) is 0 Å². The van der Waals surface area contributed by atoms with E-state index < -0.39 is 6.67 Å². The normalized spacial score (nSPS) is 17.1. The van der Waals surface area contributed by atoms with Crippen LogP contribution in [0.4, 0.5) is 16.0 Å². The number of piperidine rings is 1. The second-order valence-electron chi connectivity index (χ2n) is 7.47. The molecule has 0 unspecified atom stereocenters. The van der Waals surface area contributed by atoms with Gasteiger partial charge in [0.05, 0.1) is 25.5 Å². The zero-order chi connectivity index (χ0) is 20.7. The summed E-state index contributed by atoms with van der Waals surface area (Å²) in [4.78, 5) is 11.6. The summed E-state index contributed by atoms with van der Waals surface area (Å²) in [6, 6.07) is 5.71. The minimum atomic E-state index is -0.427. The molecule has 4 heterocycles. The second kappa shape index (κ2) is 7.43. The Balaban J connectivity index is 1.49. The molecule has 0 bridgehead atoms. The molecule has 1 fully saturated rings. The molecule has 1 saturated heterocycles. The lowest BCUT2D eigenvalue weighted by Gasteiger charge is -2.32. The summed E-state index contributed by atoms with van der Waals surface area (Å²) in [5.41, 5.74) is 8.53. The van der Waals surface area contributed by atoms with E-state index in [-0.39, 0.29) is 18.4 Å². The van der Waals surface area contributed by atoms with Crippen molar-refractivity contribution >= 4 is 28.2 Å². The average Bonchev–Trinajstić information content (AvgIpc) is 3.42. The van der Waals surface area contributed by atoms with Crippen molar-refractivity contribution in [3.05, 3.63) is 36.4 Å². The third-order valence-corrected chi connectivity index (χ3v) is 5.61. The van der Waals surface area contributed by atoms with E-state index in [1.165, 1.54) is 0 Å². The number of hydrogen-bond donors (Lipinski definition) is 1. The fourth-order valence-corrected chi connectivity index (χ4v) is 4.13. The minimum absolute atomic E-state index is 0.156. The number of aromatic nitrogens is 6. The predicted molar refractivity (Wildman–Crippen MR) is 112 cm³/mol. The van der Waals surface area contributed by atoms with Gasteiger partial charge in [-0.25, -0.2) is 14.4 Å². The third kappa shape index (κ3) is 3.08. The van der Waals surface area contributed by atoms with E-state index in [4.69, 9.17) is 15.5 Å². The van der Waals surface area contributed by atoms with E-state index in [2.05, 4.69) is 20.1 Å². The van der Waals surface area contributed by atoms with Gasteiger partial charge >= 0.3 is 0 Å². The van der Waals surface area contributed by atoms with Crippen molar-refractivity contribution in [3.8, 4) is 5.75 Å². The molecule has 2 N–H and O–H groups in total. The molecule has 9 nitrogen and oxygen atoms in total. The third-order valence-electron chi connectivity index (χ3n) is 5.61. The lowest BCUT2D eigenvalue weighted by Crippen LogP contribution is -2.34. The largest absolute Gasteiger partial charge is 0.494 e. The molecule has 1 aliphatic heterocycles. The van der Waals surface area contributed by atoms with Crippen LogP contribution in [-0.4, -0.2) is 56.2 Å². The van der Waals surface area contributed by atoms with Crippen molar-refractivity contribution < 1.29 is 9.13 Å². The van der Waals surface area contributed by atoms with Gasteiger partial charge in [0.25, 0.3) is 0 Å². The van der Waals surface area contributed by atoms with Gasteiger partial charge in [0, 0.05) is 30.6 Å². The zero-order valence-electron chi connectivity index (χ0n) is 16.7. The summed E-state index contributed by atoms with van der Waals surface area (Å²) >= 11 is 0. The Morgan fingerprint density at radius 1 is 1.30 bits per heavy atom. The Bertz CT molecular complexity index is 1200. The summed E-state index contributed by atoms with van der Waals surface area (Å²) in [6.45, 7) is 1.54. The number of aryl methyl sites for hydroxylation is 1. The Labute approximate surface area is 172 Å². The molecule has 4 aromatic rings. The van der Waals surface area contributed by atoms with Crippen molar-refractivity contribution in [2.24, 2.45) is 0 Å². The molecule has 1 aliphatic rings. The van der Waals surface area contributed by atoms with Gasteiger partial charge in [-0.05, 0) is 25.0 Å². The molecule has 3 aromatic heterocycles. The molecule has 0 spiro atoms. The van der Waals surface area contributed by atoms with E-state index in [0.717, 1.165) is 42.8 Å². The van der Waals surface area contributed by atoms with Crippen LogP contribution in [0.5, 0.6) is 5.75 Å². The Hall–Kier alpha value is -3.43. The first-order valence-electron chi connectivity index (χ1n) is 10.00. The molecular weight excluding hydrogens is 387 g/mol. The van der Waals surface area contributed by atoms with Crippen molar-refractivity contribution in [1.82, 2.24) is 29.4 Å². The van der Waals surface area contributed by atoms with E-state index in [0.29, 0.717) is 16.9 Å². The van der Waals surface area contributed by atoms with Gasteiger partial charge < -0.3 is 15.4 Å². The van der Waals surface area contributed by atoms with E-state index >= 15 is 0 Å². The topological polar surface area (TPSA) is 99.4 Å². The highest BCUT2D eigenvalue weighted by Crippen LogP contribution is 2.31. The van der Waals surface area contributed by atoms with Crippen LogP contribution in [0.2, 0.25) is 0 Å². The molecule has 5 rings (SSSR count). The van der Waals surface area contributed by atoms with Gasteiger partial charge in [-0.2, -0.15) is 9.61 Å². The van der Waals surface area contributed by atoms with Crippen LogP contribution in [0, 0.1) is 0 Å². The smallest absolute Gasteiger partial charge is 0.223 e. The summed E-state index contributed by atoms with van der Waals surface area (Å²) in [5.74, 6) is 1.84. The molecule has 156 valence electrons. The number of halogens is 1. The molecule has 30 heavy (non-hydrogen) atoms. The van der Waals surface area contributed by atoms with Crippen molar-refractivity contribution in [3.63, 3.8) is 0 Å². The number of ether oxygens (including phenoxy) is 1. The monoisotopic (exact) mass is 410 g/mol. The van der Waals surface area contributed by atoms with Gasteiger partial charge in [0.2, 0.25) is 5.95 Å². The van der Waals surface area contributed by atoms with Gasteiger partial charge in [-0.3, -0.25) is 4.68 Å². The molecular formula is C20H23FN8O. The number of benzene rings is 1. The number of nitrogens with two attached hydrogens (primary N) is 1. The maximum absolute atomic E-state index is 12.6. The highest BCUT2D eigenvalue weighted by atomic mass is 19.1. The first-order valence-corrected chi connectivity index (χ1v) is 10.00. The maximum atomic E-state index is 12.6. The van der Waals surface area contributed by atoms with Gasteiger partial charge in [-0.15, -0.1) is 5.10 Å². The number of hydrogen-bond acceptors (Lipinski definition) is 7. The van der Waals surface area contributed by atoms with Crippen LogP contribution in [-0.2, 0) is 6.54 Å². The number of anilines is 2. The zero-order valence-corrected chi connectivity index (χ0v) is 16.7. The van der Waals surface area contributed by atoms with Crippen LogP contribution in [0.3, 0.4) is 0 Å². The van der Waals surface area contributed by atoms with Gasteiger partial charge in [0.1, 0.15) is 17.9 Å². The first kappa shape index (κ1) is 18.6. The minimum Gasteiger partial charge on any atom is -0.494 e. The Kier molecular flexibility index (Phi) is 4.61. The van der Waals surface area contributed by atoms with Crippen molar-refractivity contribution in [2.75, 3.05) is 37.5 Å². The average molecular weight is 410 g/mol. The number of methoxy groups -OCH3 is 1. The highest BCUT2D eigenvalue weighted by molar-refractivity contribution is 5.95. The Morgan fingerprint density at radius 3 is 3.03 bits per heavy atom. The molecule has 1 atom stereocenters. The fraction of sp³-hybridized carbons (Fsp3) is 0.400.